The van der Waals surface area contributed by atoms with Gasteiger partial charge in [0.25, 0.3) is 0 Å². The molecule has 0 spiro atoms. The van der Waals surface area contributed by atoms with Crippen LogP contribution < -0.4 is 4.18 Å². The zero-order valence-corrected chi connectivity index (χ0v) is 15.5. The molecule has 0 radical (unpaired) electrons. The summed E-state index contributed by atoms with van der Waals surface area (Å²) < 4.78 is 33.4. The van der Waals surface area contributed by atoms with Crippen LogP contribution in [0.3, 0.4) is 0 Å². The second-order valence-electron chi connectivity index (χ2n) is 5.25. The number of benzene rings is 3. The Balaban J connectivity index is 1.84. The molecule has 0 N–H and O–H groups in total. The predicted octanol–water partition coefficient (Wildman–Crippen LogP) is 5.58. The highest BCUT2D eigenvalue weighted by atomic mass is 79.9. The number of rotatable bonds is 3. The van der Waals surface area contributed by atoms with Gasteiger partial charge in [0.2, 0.25) is 0 Å². The van der Waals surface area contributed by atoms with Gasteiger partial charge in [-0.25, -0.2) is 0 Å². The lowest BCUT2D eigenvalue weighted by Crippen LogP contribution is -2.09. The molecule has 1 aromatic heterocycles. The monoisotopic (exact) mass is 418 g/mol. The molecule has 0 saturated carbocycles. The molecule has 3 nitrogen and oxygen atoms in total. The molecule has 0 saturated heterocycles. The van der Waals surface area contributed by atoms with Crippen molar-refractivity contribution in [3.8, 4) is 5.75 Å². The van der Waals surface area contributed by atoms with Gasteiger partial charge in [0.15, 0.2) is 0 Å². The number of para-hydroxylation sites is 1. The summed E-state index contributed by atoms with van der Waals surface area (Å²) in [7, 11) is -3.87. The topological polar surface area (TPSA) is 43.4 Å². The Kier molecular flexibility index (Phi) is 3.83. The maximum atomic E-state index is 12.5. The molecular weight excluding hydrogens is 408 g/mol. The first-order valence-electron chi connectivity index (χ1n) is 7.14. The van der Waals surface area contributed by atoms with Crippen molar-refractivity contribution in [1.82, 2.24) is 0 Å². The van der Waals surface area contributed by atoms with Crippen molar-refractivity contribution in [3.63, 3.8) is 0 Å². The van der Waals surface area contributed by atoms with Gasteiger partial charge in [-0.2, -0.15) is 8.42 Å². The van der Waals surface area contributed by atoms with Crippen LogP contribution in [-0.4, -0.2) is 8.42 Å². The van der Waals surface area contributed by atoms with Crippen LogP contribution in [0.15, 0.2) is 76.1 Å². The predicted molar refractivity (Wildman–Crippen MR) is 101 cm³/mol. The lowest BCUT2D eigenvalue weighted by atomic mass is 10.1. The van der Waals surface area contributed by atoms with E-state index in [1.807, 2.05) is 24.3 Å². The summed E-state index contributed by atoms with van der Waals surface area (Å²) in [6.07, 6.45) is 0. The lowest BCUT2D eigenvalue weighted by Gasteiger charge is -2.07. The molecule has 0 unspecified atom stereocenters. The van der Waals surface area contributed by atoms with E-state index in [4.69, 9.17) is 4.18 Å². The number of fused-ring (bicyclic) bond motifs is 3. The molecule has 1 heterocycles. The van der Waals surface area contributed by atoms with Crippen molar-refractivity contribution in [3.05, 3.63) is 71.2 Å². The first kappa shape index (κ1) is 15.6. The van der Waals surface area contributed by atoms with Gasteiger partial charge in [-0.3, -0.25) is 0 Å². The zero-order valence-electron chi connectivity index (χ0n) is 12.3. The third-order valence-electron chi connectivity index (χ3n) is 3.64. The molecule has 120 valence electrons. The van der Waals surface area contributed by atoms with E-state index in [9.17, 15) is 8.42 Å². The van der Waals surface area contributed by atoms with Gasteiger partial charge in [-0.15, -0.1) is 11.3 Å². The van der Waals surface area contributed by atoms with E-state index in [-0.39, 0.29) is 4.90 Å². The molecule has 24 heavy (non-hydrogen) atoms. The van der Waals surface area contributed by atoms with Crippen molar-refractivity contribution in [2.45, 2.75) is 4.90 Å². The van der Waals surface area contributed by atoms with Gasteiger partial charge in [0.1, 0.15) is 10.6 Å². The second-order valence-corrected chi connectivity index (χ2v) is 8.80. The van der Waals surface area contributed by atoms with Gasteiger partial charge in [-0.1, -0.05) is 34.1 Å². The average molecular weight is 419 g/mol. The van der Waals surface area contributed by atoms with Crippen molar-refractivity contribution >= 4 is 57.6 Å². The maximum absolute atomic E-state index is 12.5. The fourth-order valence-electron chi connectivity index (χ4n) is 2.54. The Morgan fingerprint density at radius 2 is 1.50 bits per heavy atom. The summed E-state index contributed by atoms with van der Waals surface area (Å²) in [5.74, 6) is 0.301. The molecule has 4 rings (SSSR count). The minimum atomic E-state index is -3.87. The molecule has 3 aromatic carbocycles. The minimum Gasteiger partial charge on any atom is -0.379 e. The van der Waals surface area contributed by atoms with Crippen LogP contribution in [0.5, 0.6) is 5.75 Å². The summed E-state index contributed by atoms with van der Waals surface area (Å²) >= 11 is 5.10. The smallest absolute Gasteiger partial charge is 0.339 e. The van der Waals surface area contributed by atoms with Crippen LogP contribution in [0.4, 0.5) is 0 Å². The molecule has 0 aliphatic heterocycles. The molecule has 0 amide bonds. The van der Waals surface area contributed by atoms with Gasteiger partial charge >= 0.3 is 10.1 Å². The highest BCUT2D eigenvalue weighted by Gasteiger charge is 2.18. The summed E-state index contributed by atoms with van der Waals surface area (Å²) in [5, 5.41) is 1.94. The van der Waals surface area contributed by atoms with E-state index < -0.39 is 10.1 Å². The summed E-state index contributed by atoms with van der Waals surface area (Å²) in [6.45, 7) is 0. The van der Waals surface area contributed by atoms with Crippen LogP contribution in [0, 0.1) is 0 Å². The third-order valence-corrected chi connectivity index (χ3v) is 6.53. The molecular formula is C18H11BrO3S2. The van der Waals surface area contributed by atoms with E-state index >= 15 is 0 Å². The summed E-state index contributed by atoms with van der Waals surface area (Å²) in [4.78, 5) is 0.151. The Bertz CT molecular complexity index is 1150. The van der Waals surface area contributed by atoms with E-state index in [0.717, 1.165) is 24.6 Å². The minimum absolute atomic E-state index is 0.151. The summed E-state index contributed by atoms with van der Waals surface area (Å²) in [6, 6.07) is 19.6. The normalized spacial score (nSPS) is 11.9. The van der Waals surface area contributed by atoms with E-state index in [1.54, 1.807) is 53.8 Å². The quantitative estimate of drug-likeness (QED) is 0.407. The van der Waals surface area contributed by atoms with Crippen LogP contribution in [0.25, 0.3) is 20.2 Å². The van der Waals surface area contributed by atoms with Gasteiger partial charge in [0, 0.05) is 24.6 Å². The number of thiophene rings is 1. The van der Waals surface area contributed by atoms with Crippen molar-refractivity contribution < 1.29 is 12.6 Å². The highest BCUT2D eigenvalue weighted by Crippen LogP contribution is 2.36. The lowest BCUT2D eigenvalue weighted by molar-refractivity contribution is 0.486. The fourth-order valence-corrected chi connectivity index (χ4v) is 4.92. The summed E-state index contributed by atoms with van der Waals surface area (Å²) in [5.41, 5.74) is 0. The Labute approximate surface area is 151 Å². The van der Waals surface area contributed by atoms with Crippen LogP contribution in [0.2, 0.25) is 0 Å². The standard InChI is InChI=1S/C18H11BrO3S2/c19-12-6-8-17-15(10-12)16-11-14(7-9-18(16)23-17)24(20,21)22-13-4-2-1-3-5-13/h1-11H. The first-order chi connectivity index (χ1) is 11.5. The SMILES string of the molecule is O=S(=O)(Oc1ccccc1)c1ccc2sc3ccc(Br)cc3c2c1. The third kappa shape index (κ3) is 2.81. The van der Waals surface area contributed by atoms with Gasteiger partial charge < -0.3 is 4.18 Å². The van der Waals surface area contributed by atoms with Crippen molar-refractivity contribution in [1.29, 1.82) is 0 Å². The average Bonchev–Trinajstić information content (AvgIpc) is 2.92. The van der Waals surface area contributed by atoms with Gasteiger partial charge in [-0.05, 0) is 48.5 Å². The molecule has 0 bridgehead atoms. The van der Waals surface area contributed by atoms with Gasteiger partial charge in [0.05, 0.1) is 0 Å². The fraction of sp³-hybridized carbons (Fsp3) is 0. The number of hydrogen-bond donors (Lipinski definition) is 0. The van der Waals surface area contributed by atoms with E-state index in [1.165, 1.54) is 0 Å². The Morgan fingerprint density at radius 3 is 2.25 bits per heavy atom. The Morgan fingerprint density at radius 1 is 0.833 bits per heavy atom. The Hall–Kier alpha value is -1.89. The molecule has 4 aromatic rings. The molecule has 0 fully saturated rings. The molecule has 0 aliphatic rings. The number of hydrogen-bond acceptors (Lipinski definition) is 4. The van der Waals surface area contributed by atoms with Crippen molar-refractivity contribution in [2.24, 2.45) is 0 Å². The molecule has 0 aliphatic carbocycles. The van der Waals surface area contributed by atoms with Crippen molar-refractivity contribution in [2.75, 3.05) is 0 Å². The molecule has 0 atom stereocenters. The number of halogens is 1. The largest absolute Gasteiger partial charge is 0.379 e. The van der Waals surface area contributed by atoms with E-state index in [0.29, 0.717) is 5.75 Å². The zero-order chi connectivity index (χ0) is 16.7. The first-order valence-corrected chi connectivity index (χ1v) is 10.2. The maximum Gasteiger partial charge on any atom is 0.339 e. The van der Waals surface area contributed by atoms with E-state index in [2.05, 4.69) is 15.9 Å². The molecule has 6 heteroatoms. The van der Waals surface area contributed by atoms with Crippen LogP contribution >= 0.6 is 27.3 Å². The highest BCUT2D eigenvalue weighted by molar-refractivity contribution is 9.10. The second kappa shape index (κ2) is 5.88. The van der Waals surface area contributed by atoms with Crippen LogP contribution in [-0.2, 0) is 10.1 Å². The van der Waals surface area contributed by atoms with Crippen LogP contribution in [0.1, 0.15) is 0 Å².